The predicted octanol–water partition coefficient (Wildman–Crippen LogP) is 2.78. The van der Waals surface area contributed by atoms with Crippen molar-refractivity contribution in [3.63, 3.8) is 0 Å². The SMILES string of the molecule is CCCNC(C)(C#N)CCN(C)C(C)CCC. The topological polar surface area (TPSA) is 39.1 Å². The summed E-state index contributed by atoms with van der Waals surface area (Å²) in [6.45, 7) is 10.5. The lowest BCUT2D eigenvalue weighted by Crippen LogP contribution is -2.44. The van der Waals surface area contributed by atoms with E-state index in [1.807, 2.05) is 6.92 Å². The van der Waals surface area contributed by atoms with Gasteiger partial charge in [-0.05, 0) is 46.7 Å². The van der Waals surface area contributed by atoms with E-state index in [9.17, 15) is 5.26 Å². The van der Waals surface area contributed by atoms with Crippen molar-refractivity contribution < 1.29 is 0 Å². The highest BCUT2D eigenvalue weighted by Gasteiger charge is 2.23. The van der Waals surface area contributed by atoms with Crippen molar-refractivity contribution in [2.45, 2.75) is 65.0 Å². The van der Waals surface area contributed by atoms with E-state index in [2.05, 4.69) is 44.1 Å². The van der Waals surface area contributed by atoms with Crippen molar-refractivity contribution in [1.82, 2.24) is 10.2 Å². The number of nitriles is 1. The van der Waals surface area contributed by atoms with E-state index in [1.165, 1.54) is 12.8 Å². The third-order valence-corrected chi connectivity index (χ3v) is 3.44. The molecule has 1 N–H and O–H groups in total. The van der Waals surface area contributed by atoms with Crippen molar-refractivity contribution in [2.75, 3.05) is 20.1 Å². The van der Waals surface area contributed by atoms with Gasteiger partial charge in [-0.15, -0.1) is 0 Å². The van der Waals surface area contributed by atoms with Gasteiger partial charge in [0.2, 0.25) is 0 Å². The molecule has 0 aromatic heterocycles. The predicted molar refractivity (Wildman–Crippen MR) is 73.9 cm³/mol. The molecule has 0 saturated carbocycles. The Bertz CT molecular complexity index is 234. The van der Waals surface area contributed by atoms with Crippen LogP contribution >= 0.6 is 0 Å². The fraction of sp³-hybridized carbons (Fsp3) is 0.929. The quantitative estimate of drug-likeness (QED) is 0.672. The van der Waals surface area contributed by atoms with Gasteiger partial charge >= 0.3 is 0 Å². The number of hydrogen-bond acceptors (Lipinski definition) is 3. The zero-order chi connectivity index (χ0) is 13.3. The summed E-state index contributed by atoms with van der Waals surface area (Å²) in [5.41, 5.74) is -0.379. The Morgan fingerprint density at radius 3 is 2.47 bits per heavy atom. The first-order chi connectivity index (χ1) is 7.99. The Morgan fingerprint density at radius 1 is 1.35 bits per heavy atom. The third-order valence-electron chi connectivity index (χ3n) is 3.44. The molecule has 0 fully saturated rings. The third kappa shape index (κ3) is 6.65. The van der Waals surface area contributed by atoms with Crippen LogP contribution in [0, 0.1) is 11.3 Å². The van der Waals surface area contributed by atoms with Crippen LogP contribution in [-0.2, 0) is 0 Å². The summed E-state index contributed by atoms with van der Waals surface area (Å²) in [7, 11) is 2.15. The molecule has 0 aliphatic carbocycles. The molecule has 3 heteroatoms. The smallest absolute Gasteiger partial charge is 0.105 e. The summed E-state index contributed by atoms with van der Waals surface area (Å²) in [5, 5.41) is 12.6. The Balaban J connectivity index is 4.09. The summed E-state index contributed by atoms with van der Waals surface area (Å²) in [4.78, 5) is 2.35. The van der Waals surface area contributed by atoms with Crippen LogP contribution in [0.4, 0.5) is 0 Å². The molecule has 17 heavy (non-hydrogen) atoms. The molecule has 0 aliphatic rings. The van der Waals surface area contributed by atoms with E-state index >= 15 is 0 Å². The minimum atomic E-state index is -0.379. The number of nitrogens with zero attached hydrogens (tertiary/aromatic N) is 2. The second-order valence-corrected chi connectivity index (χ2v) is 5.24. The highest BCUT2D eigenvalue weighted by molar-refractivity contribution is 5.03. The molecule has 0 spiro atoms. The van der Waals surface area contributed by atoms with Crippen molar-refractivity contribution in [1.29, 1.82) is 5.26 Å². The number of hydrogen-bond donors (Lipinski definition) is 1. The van der Waals surface area contributed by atoms with Gasteiger partial charge in [0.05, 0.1) is 6.07 Å². The molecule has 2 unspecified atom stereocenters. The number of nitrogens with one attached hydrogen (secondary N) is 1. The van der Waals surface area contributed by atoms with Crippen LogP contribution in [0.2, 0.25) is 0 Å². The van der Waals surface area contributed by atoms with Gasteiger partial charge in [-0.2, -0.15) is 5.26 Å². The van der Waals surface area contributed by atoms with Crippen LogP contribution in [0.15, 0.2) is 0 Å². The molecule has 0 rings (SSSR count). The monoisotopic (exact) mass is 239 g/mol. The molecular formula is C14H29N3. The van der Waals surface area contributed by atoms with E-state index in [4.69, 9.17) is 0 Å². The maximum absolute atomic E-state index is 9.24. The fourth-order valence-electron chi connectivity index (χ4n) is 1.84. The lowest BCUT2D eigenvalue weighted by atomic mass is 9.99. The normalized spacial score (nSPS) is 16.5. The van der Waals surface area contributed by atoms with E-state index in [-0.39, 0.29) is 5.54 Å². The average Bonchev–Trinajstić information content (AvgIpc) is 2.33. The maximum atomic E-state index is 9.24. The molecule has 3 nitrogen and oxygen atoms in total. The van der Waals surface area contributed by atoms with E-state index in [0.29, 0.717) is 6.04 Å². The lowest BCUT2D eigenvalue weighted by Gasteiger charge is -2.29. The van der Waals surface area contributed by atoms with Crippen molar-refractivity contribution >= 4 is 0 Å². The lowest BCUT2D eigenvalue weighted by molar-refractivity contribution is 0.222. The summed E-state index contributed by atoms with van der Waals surface area (Å²) in [6.07, 6.45) is 4.39. The number of rotatable bonds is 9. The second kappa shape index (κ2) is 8.49. The molecule has 2 atom stereocenters. The van der Waals surface area contributed by atoms with Crippen molar-refractivity contribution in [2.24, 2.45) is 0 Å². The highest BCUT2D eigenvalue weighted by Crippen LogP contribution is 2.12. The van der Waals surface area contributed by atoms with Gasteiger partial charge in [0.25, 0.3) is 0 Å². The first kappa shape index (κ1) is 16.4. The van der Waals surface area contributed by atoms with Crippen LogP contribution in [0.3, 0.4) is 0 Å². The molecule has 100 valence electrons. The van der Waals surface area contributed by atoms with Crippen LogP contribution in [-0.4, -0.2) is 36.6 Å². The van der Waals surface area contributed by atoms with Gasteiger partial charge < -0.3 is 4.90 Å². The van der Waals surface area contributed by atoms with Gasteiger partial charge in [-0.1, -0.05) is 20.3 Å². The molecule has 0 aliphatic heterocycles. The van der Waals surface area contributed by atoms with E-state index < -0.39 is 0 Å². The Kier molecular flexibility index (Phi) is 8.20. The van der Waals surface area contributed by atoms with Gasteiger partial charge in [-0.3, -0.25) is 5.32 Å². The van der Waals surface area contributed by atoms with Gasteiger partial charge in [0.15, 0.2) is 0 Å². The molecule has 0 saturated heterocycles. The molecule has 0 bridgehead atoms. The summed E-state index contributed by atoms with van der Waals surface area (Å²) >= 11 is 0. The Morgan fingerprint density at radius 2 is 2.00 bits per heavy atom. The Labute approximate surface area is 107 Å². The zero-order valence-corrected chi connectivity index (χ0v) is 12.2. The van der Waals surface area contributed by atoms with Crippen molar-refractivity contribution in [3.8, 4) is 6.07 Å². The molecule has 0 radical (unpaired) electrons. The van der Waals surface area contributed by atoms with Gasteiger partial charge in [-0.25, -0.2) is 0 Å². The molecule has 0 heterocycles. The average molecular weight is 239 g/mol. The second-order valence-electron chi connectivity index (χ2n) is 5.24. The minimum Gasteiger partial charge on any atom is -0.304 e. The molecule has 0 amide bonds. The summed E-state index contributed by atoms with van der Waals surface area (Å²) in [5.74, 6) is 0. The maximum Gasteiger partial charge on any atom is 0.105 e. The van der Waals surface area contributed by atoms with Gasteiger partial charge in [0, 0.05) is 12.6 Å². The zero-order valence-electron chi connectivity index (χ0n) is 12.2. The summed E-state index contributed by atoms with van der Waals surface area (Å²) in [6, 6.07) is 3.01. The van der Waals surface area contributed by atoms with Crippen LogP contribution in [0.1, 0.15) is 53.4 Å². The highest BCUT2D eigenvalue weighted by atomic mass is 15.1. The standard InChI is InChI=1S/C14H29N3/c1-6-8-13(3)17(5)11-9-14(4,12-15)16-10-7-2/h13,16H,6-11H2,1-5H3. The molecular weight excluding hydrogens is 210 g/mol. The van der Waals surface area contributed by atoms with E-state index in [1.54, 1.807) is 0 Å². The largest absolute Gasteiger partial charge is 0.304 e. The van der Waals surface area contributed by atoms with Crippen LogP contribution in [0.25, 0.3) is 0 Å². The van der Waals surface area contributed by atoms with Crippen LogP contribution < -0.4 is 5.32 Å². The summed E-state index contributed by atoms with van der Waals surface area (Å²) < 4.78 is 0. The fourth-order valence-corrected chi connectivity index (χ4v) is 1.84. The molecule has 0 aromatic carbocycles. The van der Waals surface area contributed by atoms with Crippen LogP contribution in [0.5, 0.6) is 0 Å². The first-order valence-electron chi connectivity index (χ1n) is 6.85. The Hall–Kier alpha value is -0.590. The van der Waals surface area contributed by atoms with E-state index in [0.717, 1.165) is 25.9 Å². The minimum absolute atomic E-state index is 0.379. The van der Waals surface area contributed by atoms with Gasteiger partial charge in [0.1, 0.15) is 5.54 Å². The molecule has 0 aromatic rings. The van der Waals surface area contributed by atoms with Crippen molar-refractivity contribution in [3.05, 3.63) is 0 Å². The first-order valence-corrected chi connectivity index (χ1v) is 6.85.